The lowest BCUT2D eigenvalue weighted by atomic mass is 10.1. The third-order valence-electron chi connectivity index (χ3n) is 3.55. The number of halogens is 4. The molecule has 2 rings (SSSR count). The number of rotatable bonds is 3. The first kappa shape index (κ1) is 14.8. The van der Waals surface area contributed by atoms with Crippen molar-refractivity contribution in [1.29, 1.82) is 0 Å². The number of hydrogen-bond donors (Lipinski definition) is 1. The molecule has 1 aromatic rings. The molecule has 0 radical (unpaired) electrons. The monoisotopic (exact) mass is 289 g/mol. The van der Waals surface area contributed by atoms with E-state index in [1.165, 1.54) is 0 Å². The van der Waals surface area contributed by atoms with Crippen molar-refractivity contribution in [1.82, 2.24) is 5.32 Å². The van der Waals surface area contributed by atoms with Crippen LogP contribution in [0.1, 0.15) is 36.8 Å². The SMILES string of the molecule is O=C(NCc1cc(C(F)(F)F)ccc1F)C1CCCC1. The van der Waals surface area contributed by atoms with Crippen LogP contribution in [0.4, 0.5) is 17.6 Å². The highest BCUT2D eigenvalue weighted by Crippen LogP contribution is 2.30. The molecule has 6 heteroatoms. The van der Waals surface area contributed by atoms with Gasteiger partial charge in [0.25, 0.3) is 0 Å². The van der Waals surface area contributed by atoms with E-state index in [2.05, 4.69) is 5.32 Å². The van der Waals surface area contributed by atoms with Crippen LogP contribution in [-0.2, 0) is 17.5 Å². The molecule has 1 aliphatic rings. The Morgan fingerprint density at radius 1 is 1.25 bits per heavy atom. The minimum Gasteiger partial charge on any atom is -0.352 e. The fourth-order valence-corrected chi connectivity index (χ4v) is 2.40. The number of carbonyl (C=O) groups is 1. The lowest BCUT2D eigenvalue weighted by molar-refractivity contribution is -0.137. The van der Waals surface area contributed by atoms with Gasteiger partial charge in [-0.25, -0.2) is 4.39 Å². The molecule has 1 saturated carbocycles. The third-order valence-corrected chi connectivity index (χ3v) is 3.55. The van der Waals surface area contributed by atoms with E-state index in [1.807, 2.05) is 0 Å². The van der Waals surface area contributed by atoms with Crippen molar-refractivity contribution in [2.24, 2.45) is 5.92 Å². The molecular formula is C14H15F4NO. The van der Waals surface area contributed by atoms with E-state index in [4.69, 9.17) is 0 Å². The minimum atomic E-state index is -4.52. The first-order valence-corrected chi connectivity index (χ1v) is 6.51. The van der Waals surface area contributed by atoms with Gasteiger partial charge in [-0.3, -0.25) is 4.79 Å². The van der Waals surface area contributed by atoms with Gasteiger partial charge in [0, 0.05) is 18.0 Å². The Kier molecular flexibility index (Phi) is 4.30. The fraction of sp³-hybridized carbons (Fsp3) is 0.500. The number of carbonyl (C=O) groups excluding carboxylic acids is 1. The van der Waals surface area contributed by atoms with Crippen LogP contribution in [0.5, 0.6) is 0 Å². The van der Waals surface area contributed by atoms with E-state index in [0.29, 0.717) is 6.07 Å². The molecule has 1 amide bonds. The van der Waals surface area contributed by atoms with E-state index in [1.54, 1.807) is 0 Å². The Hall–Kier alpha value is -1.59. The van der Waals surface area contributed by atoms with Crippen LogP contribution in [0.25, 0.3) is 0 Å². The second kappa shape index (κ2) is 5.81. The fourth-order valence-electron chi connectivity index (χ4n) is 2.40. The molecule has 0 bridgehead atoms. The van der Waals surface area contributed by atoms with Crippen LogP contribution < -0.4 is 5.32 Å². The Morgan fingerprint density at radius 2 is 1.90 bits per heavy atom. The molecule has 0 saturated heterocycles. The summed E-state index contributed by atoms with van der Waals surface area (Å²) in [6.45, 7) is -0.217. The van der Waals surface area contributed by atoms with Crippen molar-refractivity contribution in [3.8, 4) is 0 Å². The second-order valence-electron chi connectivity index (χ2n) is 5.00. The molecule has 0 aliphatic heterocycles. The van der Waals surface area contributed by atoms with Gasteiger partial charge in [0.2, 0.25) is 5.91 Å². The number of benzene rings is 1. The Labute approximate surface area is 114 Å². The summed E-state index contributed by atoms with van der Waals surface area (Å²) in [5.41, 5.74) is -1.06. The average molecular weight is 289 g/mol. The Morgan fingerprint density at radius 3 is 2.50 bits per heavy atom. The van der Waals surface area contributed by atoms with Crippen LogP contribution in [0.2, 0.25) is 0 Å². The van der Waals surface area contributed by atoms with Gasteiger partial charge in [-0.2, -0.15) is 13.2 Å². The van der Waals surface area contributed by atoms with Crippen LogP contribution in [0.15, 0.2) is 18.2 Å². The molecule has 0 unspecified atom stereocenters. The summed E-state index contributed by atoms with van der Waals surface area (Å²) >= 11 is 0. The molecule has 0 aromatic heterocycles. The highest BCUT2D eigenvalue weighted by Gasteiger charge is 2.31. The number of nitrogens with one attached hydrogen (secondary N) is 1. The number of alkyl halides is 3. The lowest BCUT2D eigenvalue weighted by Crippen LogP contribution is -2.29. The van der Waals surface area contributed by atoms with Gasteiger partial charge < -0.3 is 5.32 Å². The van der Waals surface area contributed by atoms with Gasteiger partial charge in [-0.1, -0.05) is 12.8 Å². The molecule has 110 valence electrons. The maximum absolute atomic E-state index is 13.5. The average Bonchev–Trinajstić information content (AvgIpc) is 2.90. The van der Waals surface area contributed by atoms with Crippen molar-refractivity contribution in [3.05, 3.63) is 35.1 Å². The first-order chi connectivity index (χ1) is 9.38. The number of hydrogen-bond acceptors (Lipinski definition) is 1. The zero-order valence-corrected chi connectivity index (χ0v) is 10.8. The summed E-state index contributed by atoms with van der Waals surface area (Å²) in [7, 11) is 0. The minimum absolute atomic E-state index is 0.0936. The summed E-state index contributed by atoms with van der Waals surface area (Å²) in [5.74, 6) is -1.05. The third kappa shape index (κ3) is 3.49. The zero-order chi connectivity index (χ0) is 14.8. The molecule has 2 nitrogen and oxygen atoms in total. The normalized spacial score (nSPS) is 16.4. The van der Waals surface area contributed by atoms with Crippen molar-refractivity contribution in [3.63, 3.8) is 0 Å². The van der Waals surface area contributed by atoms with Crippen LogP contribution in [0, 0.1) is 11.7 Å². The van der Waals surface area contributed by atoms with Crippen LogP contribution >= 0.6 is 0 Å². The van der Waals surface area contributed by atoms with Crippen LogP contribution in [0.3, 0.4) is 0 Å². The molecule has 20 heavy (non-hydrogen) atoms. The molecule has 1 N–H and O–H groups in total. The second-order valence-corrected chi connectivity index (χ2v) is 5.00. The Balaban J connectivity index is 2.03. The summed E-state index contributed by atoms with van der Waals surface area (Å²) < 4.78 is 51.1. The molecule has 1 aliphatic carbocycles. The quantitative estimate of drug-likeness (QED) is 0.845. The standard InChI is InChI=1S/C14H15F4NO/c15-12-6-5-11(14(16,17)18)7-10(12)8-19-13(20)9-3-1-2-4-9/h5-7,9H,1-4,8H2,(H,19,20). The smallest absolute Gasteiger partial charge is 0.352 e. The number of amides is 1. The molecule has 0 spiro atoms. The van der Waals surface area contributed by atoms with Crippen molar-refractivity contribution >= 4 is 5.91 Å². The topological polar surface area (TPSA) is 29.1 Å². The molecule has 1 aromatic carbocycles. The largest absolute Gasteiger partial charge is 0.416 e. The predicted molar refractivity (Wildman–Crippen MR) is 65.2 cm³/mol. The van der Waals surface area contributed by atoms with Crippen molar-refractivity contribution in [2.45, 2.75) is 38.4 Å². The van der Waals surface area contributed by atoms with Gasteiger partial charge in [-0.05, 0) is 31.0 Å². The van der Waals surface area contributed by atoms with Gasteiger partial charge in [-0.15, -0.1) is 0 Å². The van der Waals surface area contributed by atoms with E-state index < -0.39 is 17.6 Å². The van der Waals surface area contributed by atoms with Gasteiger partial charge in [0.05, 0.1) is 5.56 Å². The van der Waals surface area contributed by atoms with Gasteiger partial charge in [0.15, 0.2) is 0 Å². The molecule has 0 heterocycles. The van der Waals surface area contributed by atoms with E-state index >= 15 is 0 Å². The summed E-state index contributed by atoms with van der Waals surface area (Å²) in [5, 5.41) is 2.51. The zero-order valence-electron chi connectivity index (χ0n) is 10.8. The maximum atomic E-state index is 13.5. The first-order valence-electron chi connectivity index (χ1n) is 6.51. The van der Waals surface area contributed by atoms with E-state index in [-0.39, 0.29) is 23.9 Å². The Bertz CT molecular complexity index is 492. The summed E-state index contributed by atoms with van der Waals surface area (Å²) in [6, 6.07) is 2.21. The maximum Gasteiger partial charge on any atom is 0.416 e. The molecule has 0 atom stereocenters. The van der Waals surface area contributed by atoms with E-state index in [9.17, 15) is 22.4 Å². The highest BCUT2D eigenvalue weighted by molar-refractivity contribution is 5.78. The van der Waals surface area contributed by atoms with E-state index in [0.717, 1.165) is 37.8 Å². The van der Waals surface area contributed by atoms with Crippen molar-refractivity contribution in [2.75, 3.05) is 0 Å². The summed E-state index contributed by atoms with van der Waals surface area (Å²) in [6.07, 6.45) is -0.974. The highest BCUT2D eigenvalue weighted by atomic mass is 19.4. The van der Waals surface area contributed by atoms with Crippen LogP contribution in [-0.4, -0.2) is 5.91 Å². The van der Waals surface area contributed by atoms with Crippen molar-refractivity contribution < 1.29 is 22.4 Å². The molecule has 1 fully saturated rings. The summed E-state index contributed by atoms with van der Waals surface area (Å²) in [4.78, 5) is 11.8. The van der Waals surface area contributed by atoms with Gasteiger partial charge >= 0.3 is 6.18 Å². The lowest BCUT2D eigenvalue weighted by Gasteiger charge is -2.13. The predicted octanol–water partition coefficient (Wildman–Crippen LogP) is 3.65. The van der Waals surface area contributed by atoms with Gasteiger partial charge in [0.1, 0.15) is 5.82 Å². The molecular weight excluding hydrogens is 274 g/mol.